The molecule has 0 aliphatic heterocycles. The van der Waals surface area contributed by atoms with Gasteiger partial charge in [-0.1, -0.05) is 13.8 Å². The Labute approximate surface area is 84.2 Å². The van der Waals surface area contributed by atoms with Crippen molar-refractivity contribution < 1.29 is 9.59 Å². The highest BCUT2D eigenvalue weighted by molar-refractivity contribution is 6.10. The average molecular weight is 195 g/mol. The van der Waals surface area contributed by atoms with Crippen molar-refractivity contribution in [3.05, 3.63) is 0 Å². The van der Waals surface area contributed by atoms with Gasteiger partial charge in [-0.05, 0) is 25.2 Å². The zero-order chi connectivity index (χ0) is 10.6. The molecule has 0 unspecified atom stereocenters. The number of fused-ring (bicyclic) bond motifs is 2. The molecular weight excluding hydrogens is 178 g/mol. The minimum Gasteiger partial charge on any atom is -0.358 e. The maximum absolute atomic E-state index is 12.1. The van der Waals surface area contributed by atoms with E-state index in [4.69, 9.17) is 0 Å². The zero-order valence-electron chi connectivity index (χ0n) is 9.02. The molecular formula is C11H17NO2. The number of amides is 1. The molecule has 0 aromatic rings. The molecule has 2 rings (SSSR count). The van der Waals surface area contributed by atoms with Crippen molar-refractivity contribution in [1.29, 1.82) is 0 Å². The van der Waals surface area contributed by atoms with E-state index < -0.39 is 5.41 Å². The predicted molar refractivity (Wildman–Crippen MR) is 52.6 cm³/mol. The first-order valence-corrected chi connectivity index (χ1v) is 5.22. The average Bonchev–Trinajstić information content (AvgIpc) is 2.66. The van der Waals surface area contributed by atoms with Crippen LogP contribution in [0.15, 0.2) is 0 Å². The van der Waals surface area contributed by atoms with Gasteiger partial charge in [-0.2, -0.15) is 0 Å². The second kappa shape index (κ2) is 2.59. The van der Waals surface area contributed by atoms with E-state index in [0.717, 1.165) is 19.3 Å². The van der Waals surface area contributed by atoms with Gasteiger partial charge in [0.15, 0.2) is 5.78 Å². The van der Waals surface area contributed by atoms with Gasteiger partial charge < -0.3 is 5.32 Å². The number of carbonyl (C=O) groups excluding carboxylic acids is 2. The minimum atomic E-state index is -0.678. The van der Waals surface area contributed by atoms with Gasteiger partial charge >= 0.3 is 0 Å². The Morgan fingerprint density at radius 2 is 2.14 bits per heavy atom. The molecule has 14 heavy (non-hydrogen) atoms. The van der Waals surface area contributed by atoms with Crippen molar-refractivity contribution in [3.63, 3.8) is 0 Å². The summed E-state index contributed by atoms with van der Waals surface area (Å²) in [5.41, 5.74) is -0.965. The first-order valence-electron chi connectivity index (χ1n) is 5.22. The van der Waals surface area contributed by atoms with E-state index in [0.29, 0.717) is 5.92 Å². The van der Waals surface area contributed by atoms with Gasteiger partial charge in [0.25, 0.3) is 0 Å². The summed E-state index contributed by atoms with van der Waals surface area (Å²) in [6, 6.07) is 0. The molecule has 2 saturated carbocycles. The van der Waals surface area contributed by atoms with Crippen molar-refractivity contribution >= 4 is 11.7 Å². The topological polar surface area (TPSA) is 46.2 Å². The summed E-state index contributed by atoms with van der Waals surface area (Å²) in [6.45, 7) is 3.95. The minimum absolute atomic E-state index is 0.0735. The standard InChI is InChI=1S/C11H17NO2/c1-10(2)7-4-5-11(6-7,8(10)13)9(14)12-3/h7H,4-6H2,1-3H3,(H,12,14)/t7-,11+/m0/s1. The summed E-state index contributed by atoms with van der Waals surface area (Å²) < 4.78 is 0. The van der Waals surface area contributed by atoms with Crippen molar-refractivity contribution in [2.45, 2.75) is 33.1 Å². The number of Topliss-reactive ketones (excluding diaryl/α,β-unsaturated/α-hetero) is 1. The summed E-state index contributed by atoms with van der Waals surface area (Å²) in [7, 11) is 1.61. The molecule has 2 aliphatic rings. The SMILES string of the molecule is CNC(=O)[C@]12CC[C@@H](C1)C(C)(C)C2=O. The highest BCUT2D eigenvalue weighted by Gasteiger charge is 2.64. The van der Waals surface area contributed by atoms with Crippen LogP contribution in [-0.4, -0.2) is 18.7 Å². The Morgan fingerprint density at radius 1 is 1.50 bits per heavy atom. The maximum Gasteiger partial charge on any atom is 0.233 e. The number of rotatable bonds is 1. The fourth-order valence-electron chi connectivity index (χ4n) is 3.22. The second-order valence-electron chi connectivity index (χ2n) is 5.15. The van der Waals surface area contributed by atoms with Crippen LogP contribution < -0.4 is 5.32 Å². The lowest BCUT2D eigenvalue weighted by atomic mass is 9.70. The van der Waals surface area contributed by atoms with Crippen molar-refractivity contribution in [3.8, 4) is 0 Å². The molecule has 2 bridgehead atoms. The molecule has 1 N–H and O–H groups in total. The van der Waals surface area contributed by atoms with Crippen LogP contribution in [0.25, 0.3) is 0 Å². The first-order chi connectivity index (χ1) is 6.45. The van der Waals surface area contributed by atoms with Crippen molar-refractivity contribution in [1.82, 2.24) is 5.32 Å². The molecule has 3 heteroatoms. The molecule has 78 valence electrons. The van der Waals surface area contributed by atoms with Crippen LogP contribution in [0.1, 0.15) is 33.1 Å². The molecule has 0 aromatic heterocycles. The molecule has 3 nitrogen and oxygen atoms in total. The van der Waals surface area contributed by atoms with E-state index in [2.05, 4.69) is 5.32 Å². The van der Waals surface area contributed by atoms with Gasteiger partial charge in [0.1, 0.15) is 5.41 Å². The predicted octanol–water partition coefficient (Wildman–Crippen LogP) is 1.13. The first kappa shape index (κ1) is 9.69. The molecule has 0 aromatic carbocycles. The van der Waals surface area contributed by atoms with Gasteiger partial charge in [0.2, 0.25) is 5.91 Å². The molecule has 2 atom stereocenters. The van der Waals surface area contributed by atoms with Crippen LogP contribution in [0.2, 0.25) is 0 Å². The highest BCUT2D eigenvalue weighted by atomic mass is 16.2. The number of nitrogens with one attached hydrogen (secondary N) is 1. The van der Waals surface area contributed by atoms with Crippen molar-refractivity contribution in [2.24, 2.45) is 16.7 Å². The van der Waals surface area contributed by atoms with E-state index >= 15 is 0 Å². The lowest BCUT2D eigenvalue weighted by Gasteiger charge is -2.32. The van der Waals surface area contributed by atoms with E-state index in [9.17, 15) is 9.59 Å². The molecule has 2 aliphatic carbocycles. The van der Waals surface area contributed by atoms with Gasteiger partial charge in [-0.25, -0.2) is 0 Å². The van der Waals surface area contributed by atoms with Gasteiger partial charge in [-0.15, -0.1) is 0 Å². The summed E-state index contributed by atoms with van der Waals surface area (Å²) in [6.07, 6.45) is 2.53. The lowest BCUT2D eigenvalue weighted by Crippen LogP contribution is -2.46. The van der Waals surface area contributed by atoms with Crippen LogP contribution in [0.3, 0.4) is 0 Å². The number of ketones is 1. The molecule has 2 fully saturated rings. The normalized spacial score (nSPS) is 38.8. The number of hydrogen-bond donors (Lipinski definition) is 1. The van der Waals surface area contributed by atoms with E-state index in [-0.39, 0.29) is 17.1 Å². The summed E-state index contributed by atoms with van der Waals surface area (Å²) in [5, 5.41) is 2.63. The summed E-state index contributed by atoms with van der Waals surface area (Å²) in [4.78, 5) is 23.9. The van der Waals surface area contributed by atoms with Gasteiger partial charge in [0.05, 0.1) is 0 Å². The Balaban J connectivity index is 2.40. The fourth-order valence-corrected chi connectivity index (χ4v) is 3.22. The van der Waals surface area contributed by atoms with E-state index in [1.54, 1.807) is 7.05 Å². The third-order valence-electron chi connectivity index (χ3n) is 4.22. The van der Waals surface area contributed by atoms with Gasteiger partial charge in [0, 0.05) is 12.5 Å². The largest absolute Gasteiger partial charge is 0.358 e. The summed E-state index contributed by atoms with van der Waals surface area (Å²) in [5.74, 6) is 0.489. The Morgan fingerprint density at radius 3 is 2.57 bits per heavy atom. The van der Waals surface area contributed by atoms with Crippen LogP contribution in [-0.2, 0) is 9.59 Å². The molecule has 0 spiro atoms. The third kappa shape index (κ3) is 0.877. The second-order valence-corrected chi connectivity index (χ2v) is 5.15. The molecule has 1 amide bonds. The van der Waals surface area contributed by atoms with Crippen LogP contribution >= 0.6 is 0 Å². The summed E-state index contributed by atoms with van der Waals surface area (Å²) >= 11 is 0. The third-order valence-corrected chi connectivity index (χ3v) is 4.22. The Kier molecular flexibility index (Phi) is 1.79. The lowest BCUT2D eigenvalue weighted by molar-refractivity contribution is -0.144. The number of carbonyl (C=O) groups is 2. The molecule has 0 radical (unpaired) electrons. The molecule has 0 saturated heterocycles. The number of hydrogen-bond acceptors (Lipinski definition) is 2. The van der Waals surface area contributed by atoms with Crippen LogP contribution in [0, 0.1) is 16.7 Å². The highest BCUT2D eigenvalue weighted by Crippen LogP contribution is 2.60. The Hall–Kier alpha value is -0.860. The van der Waals surface area contributed by atoms with E-state index in [1.165, 1.54) is 0 Å². The monoisotopic (exact) mass is 195 g/mol. The maximum atomic E-state index is 12.1. The van der Waals surface area contributed by atoms with E-state index in [1.807, 2.05) is 13.8 Å². The Bertz CT molecular complexity index is 308. The quantitative estimate of drug-likeness (QED) is 0.637. The van der Waals surface area contributed by atoms with Crippen molar-refractivity contribution in [2.75, 3.05) is 7.05 Å². The smallest absolute Gasteiger partial charge is 0.233 e. The van der Waals surface area contributed by atoms with Gasteiger partial charge in [-0.3, -0.25) is 9.59 Å². The van der Waals surface area contributed by atoms with Crippen LogP contribution in [0.4, 0.5) is 0 Å². The zero-order valence-corrected chi connectivity index (χ0v) is 9.02. The molecule has 0 heterocycles. The fraction of sp³-hybridized carbons (Fsp3) is 0.818. The van der Waals surface area contributed by atoms with Crippen LogP contribution in [0.5, 0.6) is 0 Å².